The maximum atomic E-state index is 2.46. The van der Waals surface area contributed by atoms with E-state index in [1.807, 2.05) is 0 Å². The van der Waals surface area contributed by atoms with E-state index < -0.39 is 30.4 Å². The number of benzene rings is 2. The van der Waals surface area contributed by atoms with Crippen LogP contribution < -0.4 is 18.3 Å². The van der Waals surface area contributed by atoms with Gasteiger partial charge in [-0.2, -0.15) is 0 Å². The molecule has 0 aliphatic heterocycles. The maximum absolute atomic E-state index is 2.46. The minimum atomic E-state index is -1.15. The molecule has 2 nitrogen and oxygen atoms in total. The Morgan fingerprint density at radius 1 is 0.676 bits per heavy atom. The third-order valence-electron chi connectivity index (χ3n) is 6.83. The Morgan fingerprint density at radius 2 is 1.18 bits per heavy atom. The molecule has 0 bridgehead atoms. The molecule has 0 N–H and O–H groups in total. The van der Waals surface area contributed by atoms with E-state index in [1.54, 1.807) is 8.54 Å². The summed E-state index contributed by atoms with van der Waals surface area (Å²) in [6.07, 6.45) is 8.35. The minimum absolute atomic E-state index is 0.792. The summed E-state index contributed by atoms with van der Waals surface area (Å²) in [5, 5.41) is 2.98. The number of anilines is 2. The summed E-state index contributed by atoms with van der Waals surface area (Å²) in [7, 11) is 4.37. The van der Waals surface area contributed by atoms with Gasteiger partial charge in [-0.1, -0.05) is 85.6 Å². The first-order valence-electron chi connectivity index (χ1n) is 14.0. The molecule has 2 aromatic carbocycles. The van der Waals surface area contributed by atoms with Crippen molar-refractivity contribution in [1.29, 1.82) is 0 Å². The number of para-hydroxylation sites is 2. The predicted octanol–water partition coefficient (Wildman–Crippen LogP) is 7.33. The zero-order valence-electron chi connectivity index (χ0n) is 23.7. The number of rotatable bonds is 14. The van der Waals surface area contributed by atoms with Crippen LogP contribution in [0.2, 0.25) is 21.5 Å². The Kier molecular flexibility index (Phi) is 17.0. The van der Waals surface area contributed by atoms with Crippen LogP contribution in [0.3, 0.4) is 0 Å². The quantitative estimate of drug-likeness (QED) is 0.184. The van der Waals surface area contributed by atoms with Gasteiger partial charge in [-0.05, 0) is 6.07 Å². The molecule has 0 saturated carbocycles. The number of hydrogen-bond acceptors (Lipinski definition) is 2. The van der Waals surface area contributed by atoms with Crippen LogP contribution in [0.4, 0.5) is 11.4 Å². The fraction of sp³-hybridized carbons (Fsp3) is 0.600. The van der Waals surface area contributed by atoms with Crippen LogP contribution in [0, 0.1) is 0 Å². The molecule has 188 valence electrons. The summed E-state index contributed by atoms with van der Waals surface area (Å²) in [6.45, 7) is 11.3. The van der Waals surface area contributed by atoms with Crippen molar-refractivity contribution < 1.29 is 0 Å². The predicted molar refractivity (Wildman–Crippen MR) is 162 cm³/mol. The van der Waals surface area contributed by atoms with E-state index in [1.165, 1.54) is 60.5 Å². The molecular formula is C30H52AlGaN2. The Balaban J connectivity index is 0.000000362. The van der Waals surface area contributed by atoms with Crippen molar-refractivity contribution in [3.8, 4) is 0 Å². The molecule has 34 heavy (non-hydrogen) atoms. The molecule has 2 aromatic rings. The van der Waals surface area contributed by atoms with E-state index in [-0.39, 0.29) is 0 Å². The molecule has 0 radical (unpaired) electrons. The molecule has 0 atom stereocenters. The van der Waals surface area contributed by atoms with Gasteiger partial charge in [-0.15, -0.1) is 0 Å². The second-order valence-electron chi connectivity index (χ2n) is 10.0. The van der Waals surface area contributed by atoms with Gasteiger partial charge < -0.3 is 4.90 Å². The zero-order chi connectivity index (χ0) is 25.3. The summed E-state index contributed by atoms with van der Waals surface area (Å²) in [4.78, 5) is 4.76. The van der Waals surface area contributed by atoms with Gasteiger partial charge in [-0.3, -0.25) is 0 Å². The molecule has 0 heterocycles. The Labute approximate surface area is 222 Å². The zero-order valence-corrected chi connectivity index (χ0v) is 27.3. The van der Waals surface area contributed by atoms with Gasteiger partial charge in [0.1, 0.15) is 0 Å². The second-order valence-corrected chi connectivity index (χ2v) is 19.3. The molecule has 0 aliphatic rings. The molecule has 0 saturated heterocycles. The molecule has 0 aromatic heterocycles. The molecule has 0 unspecified atom stereocenters. The molecule has 0 fully saturated rings. The van der Waals surface area contributed by atoms with E-state index in [9.17, 15) is 0 Å². The number of nitrogens with zero attached hydrogens (tertiary/aromatic N) is 2. The van der Waals surface area contributed by atoms with Gasteiger partial charge in [0.05, 0.1) is 0 Å². The first kappa shape index (κ1) is 31.2. The molecule has 2 rings (SSSR count). The third-order valence-corrected chi connectivity index (χ3v) is 14.0. The molecule has 0 aliphatic carbocycles. The van der Waals surface area contributed by atoms with Crippen molar-refractivity contribution in [3.05, 3.63) is 48.5 Å². The van der Waals surface area contributed by atoms with Crippen molar-refractivity contribution in [1.82, 2.24) is 0 Å². The van der Waals surface area contributed by atoms with Gasteiger partial charge in [-0.25, -0.2) is 0 Å². The van der Waals surface area contributed by atoms with Crippen LogP contribution in [0.1, 0.15) is 66.2 Å². The fourth-order valence-electron chi connectivity index (χ4n) is 4.80. The van der Waals surface area contributed by atoms with Gasteiger partial charge in [0.15, 0.2) is 0 Å². The molecule has 0 amide bonds. The first-order valence-corrected chi connectivity index (χ1v) is 22.3. The SMILES string of the molecule is CCCC[CH2][Al]([CH2]CCCC)[c]1ccccc1N(C)C.CCN(CC)c1cccc[c]1[Ga]([CH3])[CH3]. The molecular weight excluding hydrogens is 485 g/mol. The Morgan fingerprint density at radius 3 is 1.65 bits per heavy atom. The second kappa shape index (κ2) is 18.5. The Bertz CT molecular complexity index is 764. The van der Waals surface area contributed by atoms with Gasteiger partial charge in [0.25, 0.3) is 0 Å². The number of hydrogen-bond donors (Lipinski definition) is 0. The van der Waals surface area contributed by atoms with Crippen LogP contribution in [-0.2, 0) is 0 Å². The van der Waals surface area contributed by atoms with E-state index in [0.717, 1.165) is 13.1 Å². The van der Waals surface area contributed by atoms with E-state index >= 15 is 0 Å². The van der Waals surface area contributed by atoms with Crippen LogP contribution in [0.5, 0.6) is 0 Å². The summed E-state index contributed by atoms with van der Waals surface area (Å²) in [5.74, 6) is 0. The third kappa shape index (κ3) is 10.9. The molecule has 0 spiro atoms. The van der Waals surface area contributed by atoms with Crippen LogP contribution in [-0.4, -0.2) is 57.6 Å². The molecule has 4 heteroatoms. The van der Waals surface area contributed by atoms with Gasteiger partial charge in [0, 0.05) is 19.8 Å². The van der Waals surface area contributed by atoms with Crippen LogP contribution in [0.25, 0.3) is 0 Å². The van der Waals surface area contributed by atoms with Crippen molar-refractivity contribution in [2.24, 2.45) is 0 Å². The van der Waals surface area contributed by atoms with Crippen molar-refractivity contribution in [3.63, 3.8) is 0 Å². The normalized spacial score (nSPS) is 10.4. The van der Waals surface area contributed by atoms with E-state index in [0.29, 0.717) is 0 Å². The Hall–Kier alpha value is -0.791. The van der Waals surface area contributed by atoms with E-state index in [2.05, 4.69) is 111 Å². The number of unbranched alkanes of at least 4 members (excludes halogenated alkanes) is 4. The van der Waals surface area contributed by atoms with E-state index in [4.69, 9.17) is 0 Å². The summed E-state index contributed by atoms with van der Waals surface area (Å²) < 4.78 is 3.34. The monoisotopic (exact) mass is 536 g/mol. The summed E-state index contributed by atoms with van der Waals surface area (Å²) in [5.41, 5.74) is 7.83. The first-order chi connectivity index (χ1) is 16.4. The van der Waals surface area contributed by atoms with Crippen LogP contribution >= 0.6 is 0 Å². The van der Waals surface area contributed by atoms with Crippen LogP contribution in [0.15, 0.2) is 48.5 Å². The average molecular weight is 537 g/mol. The van der Waals surface area contributed by atoms with Crippen molar-refractivity contribution >= 4 is 50.3 Å². The fourth-order valence-corrected chi connectivity index (χ4v) is 11.3. The topological polar surface area (TPSA) is 6.48 Å². The van der Waals surface area contributed by atoms with Gasteiger partial charge >= 0.3 is 107 Å². The standard InChI is InChI=1S/C10H14N.C8H10N.2C5H11.2CH3.Al.Ga/c1-3-11(4-2)10-8-6-5-7-9-10;1-9(2)8-6-4-3-5-7-8;2*1-3-5-4-2;;;;/h5-8H,3-4H2,1-2H3;3-6H,1-2H3;2*1,3-5H2,2H3;2*1H3;;. The average Bonchev–Trinajstić information content (AvgIpc) is 2.84. The summed E-state index contributed by atoms with van der Waals surface area (Å²) >= 11 is -1.94. The van der Waals surface area contributed by atoms with Crippen molar-refractivity contribution in [2.45, 2.75) is 87.7 Å². The van der Waals surface area contributed by atoms with Gasteiger partial charge in [0.2, 0.25) is 0 Å². The van der Waals surface area contributed by atoms with Crippen molar-refractivity contribution in [2.75, 3.05) is 37.0 Å². The summed E-state index contributed by atoms with van der Waals surface area (Å²) in [6, 6.07) is 18.0.